The van der Waals surface area contributed by atoms with Crippen molar-refractivity contribution in [3.63, 3.8) is 0 Å². The van der Waals surface area contributed by atoms with E-state index in [4.69, 9.17) is 9.72 Å². The van der Waals surface area contributed by atoms with Gasteiger partial charge < -0.3 is 19.9 Å². The molecule has 2 heterocycles. The van der Waals surface area contributed by atoms with Crippen molar-refractivity contribution in [1.82, 2.24) is 19.8 Å². The normalized spacial score (nSPS) is 14.3. The van der Waals surface area contributed by atoms with Crippen molar-refractivity contribution in [2.45, 2.75) is 39.2 Å². The first-order valence-electron chi connectivity index (χ1n) is 10.5. The summed E-state index contributed by atoms with van der Waals surface area (Å²) in [6.45, 7) is 5.14. The number of aryl methyl sites for hydroxylation is 1. The monoisotopic (exact) mass is 425 g/mol. The largest absolute Gasteiger partial charge is 0.496 e. The smallest absolute Gasteiger partial charge is 0.257 e. The molecule has 0 aliphatic carbocycles. The fourth-order valence-corrected chi connectivity index (χ4v) is 3.89. The SMILES string of the molecule is CNc1cc(C2CCN(C(=O)c3cccc(C)c3OC)CC2)nc(CN(C)C(C)=O)n1. The quantitative estimate of drug-likeness (QED) is 0.766. The Kier molecular flexibility index (Phi) is 7.09. The van der Waals surface area contributed by atoms with E-state index in [2.05, 4.69) is 10.3 Å². The summed E-state index contributed by atoms with van der Waals surface area (Å²) in [6.07, 6.45) is 1.64. The predicted molar refractivity (Wildman–Crippen MR) is 119 cm³/mol. The van der Waals surface area contributed by atoms with Gasteiger partial charge in [0.05, 0.1) is 19.2 Å². The zero-order valence-electron chi connectivity index (χ0n) is 18.9. The Bertz CT molecular complexity index is 954. The molecule has 166 valence electrons. The number of rotatable bonds is 6. The van der Waals surface area contributed by atoms with E-state index in [-0.39, 0.29) is 17.7 Å². The van der Waals surface area contributed by atoms with Crippen molar-refractivity contribution < 1.29 is 14.3 Å². The van der Waals surface area contributed by atoms with Crippen LogP contribution < -0.4 is 10.1 Å². The summed E-state index contributed by atoms with van der Waals surface area (Å²) >= 11 is 0. The van der Waals surface area contributed by atoms with Crippen LogP contribution in [0.25, 0.3) is 0 Å². The number of aromatic nitrogens is 2. The Labute approximate surface area is 183 Å². The summed E-state index contributed by atoms with van der Waals surface area (Å²) in [4.78, 5) is 37.4. The number of ether oxygens (including phenoxy) is 1. The van der Waals surface area contributed by atoms with E-state index in [9.17, 15) is 9.59 Å². The molecular weight excluding hydrogens is 394 g/mol. The van der Waals surface area contributed by atoms with Crippen LogP contribution in [0.2, 0.25) is 0 Å². The Morgan fingerprint density at radius 3 is 2.58 bits per heavy atom. The minimum atomic E-state index is -0.0293. The third kappa shape index (κ3) is 5.13. The lowest BCUT2D eigenvalue weighted by atomic mass is 9.92. The van der Waals surface area contributed by atoms with Gasteiger partial charge >= 0.3 is 0 Å². The number of benzene rings is 1. The van der Waals surface area contributed by atoms with Gasteiger partial charge in [0.25, 0.3) is 5.91 Å². The van der Waals surface area contributed by atoms with Gasteiger partial charge in [-0.05, 0) is 31.4 Å². The lowest BCUT2D eigenvalue weighted by Crippen LogP contribution is -2.38. The zero-order chi connectivity index (χ0) is 22.5. The number of piperidine rings is 1. The Morgan fingerprint density at radius 2 is 1.97 bits per heavy atom. The van der Waals surface area contributed by atoms with Crippen LogP contribution in [0.5, 0.6) is 5.75 Å². The van der Waals surface area contributed by atoms with E-state index >= 15 is 0 Å². The van der Waals surface area contributed by atoms with Crippen LogP contribution in [0.1, 0.15) is 53.1 Å². The lowest BCUT2D eigenvalue weighted by molar-refractivity contribution is -0.128. The number of likely N-dealkylation sites (tertiary alicyclic amines) is 1. The maximum atomic E-state index is 13.1. The van der Waals surface area contributed by atoms with Crippen molar-refractivity contribution in [1.29, 1.82) is 0 Å². The molecule has 31 heavy (non-hydrogen) atoms. The number of hydrogen-bond donors (Lipinski definition) is 1. The van der Waals surface area contributed by atoms with E-state index < -0.39 is 0 Å². The fourth-order valence-electron chi connectivity index (χ4n) is 3.89. The summed E-state index contributed by atoms with van der Waals surface area (Å²) in [7, 11) is 5.16. The van der Waals surface area contributed by atoms with Gasteiger partial charge in [-0.3, -0.25) is 9.59 Å². The number of anilines is 1. The second-order valence-electron chi connectivity index (χ2n) is 7.94. The van der Waals surface area contributed by atoms with Crippen LogP contribution in [0, 0.1) is 6.92 Å². The van der Waals surface area contributed by atoms with Gasteiger partial charge in [0, 0.05) is 51.8 Å². The molecule has 0 saturated carbocycles. The van der Waals surface area contributed by atoms with Crippen molar-refractivity contribution in [3.05, 3.63) is 46.9 Å². The molecule has 8 heteroatoms. The molecule has 0 atom stereocenters. The maximum absolute atomic E-state index is 13.1. The number of para-hydroxylation sites is 1. The predicted octanol–water partition coefficient (Wildman–Crippen LogP) is 2.83. The van der Waals surface area contributed by atoms with Gasteiger partial charge in [0.15, 0.2) is 0 Å². The van der Waals surface area contributed by atoms with Crippen molar-refractivity contribution in [3.8, 4) is 5.75 Å². The topological polar surface area (TPSA) is 87.7 Å². The number of carbonyl (C=O) groups excluding carboxylic acids is 2. The van der Waals surface area contributed by atoms with Gasteiger partial charge in [-0.15, -0.1) is 0 Å². The Morgan fingerprint density at radius 1 is 1.26 bits per heavy atom. The van der Waals surface area contributed by atoms with Gasteiger partial charge in [0.1, 0.15) is 17.4 Å². The summed E-state index contributed by atoms with van der Waals surface area (Å²) < 4.78 is 5.47. The number of nitrogens with zero attached hydrogens (tertiary/aromatic N) is 4. The van der Waals surface area contributed by atoms with E-state index in [1.807, 2.05) is 43.1 Å². The maximum Gasteiger partial charge on any atom is 0.257 e. The van der Waals surface area contributed by atoms with Crippen LogP contribution in [0.3, 0.4) is 0 Å². The highest BCUT2D eigenvalue weighted by molar-refractivity contribution is 5.97. The van der Waals surface area contributed by atoms with E-state index in [0.717, 1.165) is 29.9 Å². The molecule has 1 fully saturated rings. The molecule has 0 spiro atoms. The molecule has 0 radical (unpaired) electrons. The fraction of sp³-hybridized carbons (Fsp3) is 0.478. The number of methoxy groups -OCH3 is 1. The van der Waals surface area contributed by atoms with Crippen molar-refractivity contribution in [2.24, 2.45) is 0 Å². The minimum absolute atomic E-state index is 0.00127. The number of amides is 2. The molecule has 1 aromatic heterocycles. The van der Waals surface area contributed by atoms with Gasteiger partial charge in [-0.1, -0.05) is 12.1 Å². The summed E-state index contributed by atoms with van der Waals surface area (Å²) in [6, 6.07) is 7.61. The molecule has 3 rings (SSSR count). The molecule has 1 aliphatic rings. The van der Waals surface area contributed by atoms with Crippen LogP contribution in [-0.4, -0.2) is 65.9 Å². The van der Waals surface area contributed by atoms with E-state index in [1.54, 1.807) is 19.1 Å². The van der Waals surface area contributed by atoms with Gasteiger partial charge in [-0.2, -0.15) is 0 Å². The molecule has 1 saturated heterocycles. The Balaban J connectivity index is 1.73. The number of hydrogen-bond acceptors (Lipinski definition) is 6. The van der Waals surface area contributed by atoms with Crippen LogP contribution in [0.4, 0.5) is 5.82 Å². The average Bonchev–Trinajstić information content (AvgIpc) is 2.78. The van der Waals surface area contributed by atoms with Crippen molar-refractivity contribution in [2.75, 3.05) is 39.6 Å². The highest BCUT2D eigenvalue weighted by Gasteiger charge is 2.28. The standard InChI is InChI=1S/C23H31N5O3/c1-15-7-6-8-18(22(15)31-5)23(30)28-11-9-17(10-12-28)19-13-20(24-3)26-21(25-19)14-27(4)16(2)29/h6-8,13,17H,9-12,14H2,1-5H3,(H,24,25,26). The highest BCUT2D eigenvalue weighted by atomic mass is 16.5. The number of nitrogens with one attached hydrogen (secondary N) is 1. The molecule has 2 aromatic rings. The zero-order valence-corrected chi connectivity index (χ0v) is 18.9. The molecule has 1 aromatic carbocycles. The third-order valence-electron chi connectivity index (χ3n) is 5.81. The molecular formula is C23H31N5O3. The van der Waals surface area contributed by atoms with Gasteiger partial charge in [0.2, 0.25) is 5.91 Å². The molecule has 0 unspecified atom stereocenters. The molecule has 1 N–H and O–H groups in total. The van der Waals surface area contributed by atoms with Crippen LogP contribution in [0.15, 0.2) is 24.3 Å². The second kappa shape index (κ2) is 9.76. The molecule has 1 aliphatic heterocycles. The first-order valence-corrected chi connectivity index (χ1v) is 10.5. The summed E-state index contributed by atoms with van der Waals surface area (Å²) in [5, 5.41) is 3.08. The van der Waals surface area contributed by atoms with E-state index in [0.29, 0.717) is 36.8 Å². The summed E-state index contributed by atoms with van der Waals surface area (Å²) in [5.74, 6) is 2.20. The highest BCUT2D eigenvalue weighted by Crippen LogP contribution is 2.31. The molecule has 8 nitrogen and oxygen atoms in total. The van der Waals surface area contributed by atoms with Crippen LogP contribution >= 0.6 is 0 Å². The number of carbonyl (C=O) groups is 2. The first-order chi connectivity index (χ1) is 14.8. The van der Waals surface area contributed by atoms with E-state index in [1.165, 1.54) is 6.92 Å². The van der Waals surface area contributed by atoms with Gasteiger partial charge in [-0.25, -0.2) is 9.97 Å². The lowest BCUT2D eigenvalue weighted by Gasteiger charge is -2.32. The summed E-state index contributed by atoms with van der Waals surface area (Å²) in [5.41, 5.74) is 2.51. The first kappa shape index (κ1) is 22.5. The third-order valence-corrected chi connectivity index (χ3v) is 5.81. The molecule has 2 amide bonds. The second-order valence-corrected chi connectivity index (χ2v) is 7.94. The molecule has 0 bridgehead atoms. The Hall–Kier alpha value is -3.16. The minimum Gasteiger partial charge on any atom is -0.496 e. The average molecular weight is 426 g/mol. The van der Waals surface area contributed by atoms with Crippen LogP contribution in [-0.2, 0) is 11.3 Å². The van der Waals surface area contributed by atoms with Crippen molar-refractivity contribution >= 4 is 17.6 Å².